The van der Waals surface area contributed by atoms with E-state index in [1.807, 2.05) is 0 Å². The minimum Gasteiger partial charge on any atom is -0.496 e. The minimum atomic E-state index is -3.00. The van der Waals surface area contributed by atoms with Crippen molar-refractivity contribution in [3.8, 4) is 5.75 Å². The summed E-state index contributed by atoms with van der Waals surface area (Å²) in [6.07, 6.45) is -0.0962. The number of sulfone groups is 1. The number of hydrogen-bond donors (Lipinski definition) is 1. The molecule has 1 unspecified atom stereocenters. The van der Waals surface area contributed by atoms with E-state index < -0.39 is 15.9 Å². The van der Waals surface area contributed by atoms with Crippen LogP contribution in [0.4, 0.5) is 0 Å². The van der Waals surface area contributed by atoms with Gasteiger partial charge in [-0.3, -0.25) is 0 Å². The predicted molar refractivity (Wildman–Crippen MR) is 76.5 cm³/mol. The third kappa shape index (κ3) is 4.67. The third-order valence-electron chi connectivity index (χ3n) is 2.94. The quantitative estimate of drug-likeness (QED) is 0.841. The van der Waals surface area contributed by atoms with Crippen LogP contribution in [0.2, 0.25) is 5.02 Å². The van der Waals surface area contributed by atoms with Gasteiger partial charge in [-0.2, -0.15) is 0 Å². The Balaban J connectivity index is 2.71. The number of aliphatic hydroxyl groups is 1. The van der Waals surface area contributed by atoms with E-state index >= 15 is 0 Å². The van der Waals surface area contributed by atoms with Gasteiger partial charge in [0.05, 0.1) is 24.0 Å². The molecule has 0 amide bonds. The predicted octanol–water partition coefficient (Wildman–Crippen LogP) is 2.60. The highest BCUT2D eigenvalue weighted by atomic mass is 35.5. The maximum atomic E-state index is 11.4. The van der Waals surface area contributed by atoms with Gasteiger partial charge >= 0.3 is 0 Å². The Morgan fingerprint density at radius 3 is 2.68 bits per heavy atom. The Labute approximate surface area is 119 Å². The second-order valence-corrected chi connectivity index (χ2v) is 7.13. The van der Waals surface area contributed by atoms with Crippen molar-refractivity contribution in [2.75, 3.05) is 18.6 Å². The van der Waals surface area contributed by atoms with Crippen LogP contribution < -0.4 is 4.74 Å². The van der Waals surface area contributed by atoms with Gasteiger partial charge in [-0.05, 0) is 25.0 Å². The van der Waals surface area contributed by atoms with Crippen molar-refractivity contribution >= 4 is 21.4 Å². The van der Waals surface area contributed by atoms with Gasteiger partial charge in [0.2, 0.25) is 0 Å². The van der Waals surface area contributed by atoms with Gasteiger partial charge in [0.25, 0.3) is 0 Å². The maximum Gasteiger partial charge on any atom is 0.150 e. The summed E-state index contributed by atoms with van der Waals surface area (Å²) >= 11 is 6.04. The Morgan fingerprint density at radius 1 is 1.42 bits per heavy atom. The van der Waals surface area contributed by atoms with E-state index in [4.69, 9.17) is 16.3 Å². The molecule has 4 nitrogen and oxygen atoms in total. The highest BCUT2D eigenvalue weighted by Gasteiger charge is 2.18. The fourth-order valence-electron chi connectivity index (χ4n) is 1.80. The van der Waals surface area contributed by atoms with Crippen LogP contribution in [-0.4, -0.2) is 32.1 Å². The summed E-state index contributed by atoms with van der Waals surface area (Å²) < 4.78 is 27.9. The molecule has 1 rings (SSSR count). The van der Waals surface area contributed by atoms with Gasteiger partial charge in [-0.25, -0.2) is 8.42 Å². The van der Waals surface area contributed by atoms with Crippen molar-refractivity contribution in [3.05, 3.63) is 28.8 Å². The molecule has 1 aromatic rings. The van der Waals surface area contributed by atoms with Gasteiger partial charge in [0, 0.05) is 11.3 Å². The van der Waals surface area contributed by atoms with E-state index in [1.165, 1.54) is 7.11 Å². The number of aliphatic hydroxyl groups excluding tert-OH is 1. The number of methoxy groups -OCH3 is 1. The number of rotatable bonds is 7. The lowest BCUT2D eigenvalue weighted by molar-refractivity contribution is 0.162. The van der Waals surface area contributed by atoms with E-state index in [0.717, 1.165) is 0 Å². The summed E-state index contributed by atoms with van der Waals surface area (Å²) in [4.78, 5) is 0. The standard InChI is InChI=1S/C13H19ClO4S/c1-3-19(16,17)9-5-7-11(15)13-10(14)6-4-8-12(13)18-2/h4,6,8,11,15H,3,5,7,9H2,1-2H3. The van der Waals surface area contributed by atoms with Crippen LogP contribution in [-0.2, 0) is 9.84 Å². The van der Waals surface area contributed by atoms with E-state index in [1.54, 1.807) is 25.1 Å². The van der Waals surface area contributed by atoms with E-state index in [-0.39, 0.29) is 11.5 Å². The molecule has 0 aliphatic rings. The Hall–Kier alpha value is -0.780. The maximum absolute atomic E-state index is 11.4. The first-order valence-electron chi connectivity index (χ1n) is 6.12. The van der Waals surface area contributed by atoms with Crippen molar-refractivity contribution < 1.29 is 18.3 Å². The average Bonchev–Trinajstić information content (AvgIpc) is 2.37. The molecule has 19 heavy (non-hydrogen) atoms. The summed E-state index contributed by atoms with van der Waals surface area (Å²) in [6, 6.07) is 5.12. The summed E-state index contributed by atoms with van der Waals surface area (Å²) in [5.41, 5.74) is 0.514. The SMILES string of the molecule is CCS(=O)(=O)CCCC(O)c1c(Cl)cccc1OC. The molecule has 0 bridgehead atoms. The van der Waals surface area contributed by atoms with Crippen LogP contribution in [0.15, 0.2) is 18.2 Å². The van der Waals surface area contributed by atoms with Crippen LogP contribution in [0, 0.1) is 0 Å². The molecule has 0 saturated carbocycles. The van der Waals surface area contributed by atoms with Gasteiger partial charge < -0.3 is 9.84 Å². The van der Waals surface area contributed by atoms with Crippen molar-refractivity contribution in [2.45, 2.75) is 25.9 Å². The summed E-state index contributed by atoms with van der Waals surface area (Å²) in [7, 11) is -1.50. The molecule has 0 aromatic heterocycles. The topological polar surface area (TPSA) is 63.6 Å². The lowest BCUT2D eigenvalue weighted by Crippen LogP contribution is -2.10. The van der Waals surface area contributed by atoms with Crippen LogP contribution in [0.25, 0.3) is 0 Å². The fourth-order valence-corrected chi connectivity index (χ4v) is 2.99. The number of benzene rings is 1. The monoisotopic (exact) mass is 306 g/mol. The summed E-state index contributed by atoms with van der Waals surface area (Å²) in [5, 5.41) is 10.5. The third-order valence-corrected chi connectivity index (χ3v) is 5.06. The molecule has 1 aromatic carbocycles. The van der Waals surface area contributed by atoms with Crippen LogP contribution in [0.1, 0.15) is 31.4 Å². The molecular weight excluding hydrogens is 288 g/mol. The smallest absolute Gasteiger partial charge is 0.150 e. The first kappa shape index (κ1) is 16.3. The average molecular weight is 307 g/mol. The van der Waals surface area contributed by atoms with E-state index in [2.05, 4.69) is 0 Å². The van der Waals surface area contributed by atoms with Gasteiger partial charge in [-0.1, -0.05) is 24.6 Å². The van der Waals surface area contributed by atoms with Crippen molar-refractivity contribution in [1.29, 1.82) is 0 Å². The second kappa shape index (κ2) is 7.12. The first-order chi connectivity index (χ1) is 8.91. The summed E-state index contributed by atoms with van der Waals surface area (Å²) in [5.74, 6) is 0.713. The Kier molecular flexibility index (Phi) is 6.10. The molecule has 1 atom stereocenters. The molecule has 0 aliphatic carbocycles. The number of ether oxygens (including phenoxy) is 1. The number of hydrogen-bond acceptors (Lipinski definition) is 4. The molecule has 1 N–H and O–H groups in total. The molecule has 0 saturated heterocycles. The normalized spacial score (nSPS) is 13.3. The lowest BCUT2D eigenvalue weighted by atomic mass is 10.0. The molecule has 0 fully saturated rings. The van der Waals surface area contributed by atoms with E-state index in [0.29, 0.717) is 29.2 Å². The highest BCUT2D eigenvalue weighted by molar-refractivity contribution is 7.91. The highest BCUT2D eigenvalue weighted by Crippen LogP contribution is 2.34. The molecule has 0 aliphatic heterocycles. The number of halogens is 1. The first-order valence-corrected chi connectivity index (χ1v) is 8.32. The largest absolute Gasteiger partial charge is 0.496 e. The molecule has 6 heteroatoms. The second-order valence-electron chi connectivity index (χ2n) is 4.25. The molecule has 0 radical (unpaired) electrons. The zero-order valence-electron chi connectivity index (χ0n) is 11.1. The van der Waals surface area contributed by atoms with Crippen LogP contribution >= 0.6 is 11.6 Å². The Morgan fingerprint density at radius 2 is 2.11 bits per heavy atom. The van der Waals surface area contributed by atoms with Gasteiger partial charge in [-0.15, -0.1) is 0 Å². The van der Waals surface area contributed by atoms with Gasteiger partial charge in [0.1, 0.15) is 15.6 Å². The molecule has 0 spiro atoms. The summed E-state index contributed by atoms with van der Waals surface area (Å²) in [6.45, 7) is 1.61. The lowest BCUT2D eigenvalue weighted by Gasteiger charge is -2.16. The van der Waals surface area contributed by atoms with Crippen LogP contribution in [0.5, 0.6) is 5.75 Å². The Bertz CT molecular complexity index is 513. The molecule has 0 heterocycles. The molecule has 108 valence electrons. The van der Waals surface area contributed by atoms with Crippen molar-refractivity contribution in [3.63, 3.8) is 0 Å². The van der Waals surface area contributed by atoms with Crippen molar-refractivity contribution in [2.24, 2.45) is 0 Å². The van der Waals surface area contributed by atoms with E-state index in [9.17, 15) is 13.5 Å². The molecular formula is C13H19ClO4S. The van der Waals surface area contributed by atoms with Gasteiger partial charge in [0.15, 0.2) is 0 Å². The van der Waals surface area contributed by atoms with Crippen molar-refractivity contribution in [1.82, 2.24) is 0 Å². The fraction of sp³-hybridized carbons (Fsp3) is 0.538. The minimum absolute atomic E-state index is 0.0767. The zero-order chi connectivity index (χ0) is 14.5. The zero-order valence-corrected chi connectivity index (χ0v) is 12.7. The van der Waals surface area contributed by atoms with Crippen LogP contribution in [0.3, 0.4) is 0 Å².